The minimum absolute atomic E-state index is 0.798. The van der Waals surface area contributed by atoms with Crippen LogP contribution in [0, 0.1) is 27.7 Å². The molecule has 0 amide bonds. The second kappa shape index (κ2) is 15.4. The molecule has 0 saturated carbocycles. The quantitative estimate of drug-likeness (QED) is 0.173. The molecular weight excluding hydrogens is 727 g/mol. The van der Waals surface area contributed by atoms with Gasteiger partial charge in [-0.25, -0.2) is 0 Å². The molecular formula is C58H45NO. The molecule has 9 aromatic carbocycles. The number of para-hydroxylation sites is 1. The smallest absolute Gasteiger partial charge is 0.135 e. The fourth-order valence-corrected chi connectivity index (χ4v) is 8.91. The van der Waals surface area contributed by atoms with E-state index in [0.29, 0.717) is 0 Å². The van der Waals surface area contributed by atoms with Crippen LogP contribution < -0.4 is 9.64 Å². The fraction of sp³-hybridized carbons (Fsp3) is 0.0690. The Balaban J connectivity index is 1.33. The third-order valence-corrected chi connectivity index (χ3v) is 12.1. The first kappa shape index (κ1) is 36.9. The number of benzene rings is 9. The Kier molecular flexibility index (Phi) is 9.47. The molecule has 0 radical (unpaired) electrons. The summed E-state index contributed by atoms with van der Waals surface area (Å²) in [6, 6.07) is 72.6. The molecule has 9 aromatic rings. The summed E-state index contributed by atoms with van der Waals surface area (Å²) < 4.78 is 7.33. The maximum Gasteiger partial charge on any atom is 0.135 e. The summed E-state index contributed by atoms with van der Waals surface area (Å²) in [4.78, 5) is 2.45. The maximum absolute atomic E-state index is 7.33. The van der Waals surface area contributed by atoms with Gasteiger partial charge in [-0.3, -0.25) is 0 Å². The Morgan fingerprint density at radius 1 is 0.283 bits per heavy atom. The summed E-state index contributed by atoms with van der Waals surface area (Å²) in [6.07, 6.45) is 0. The van der Waals surface area contributed by atoms with Gasteiger partial charge in [0.15, 0.2) is 0 Å². The highest BCUT2D eigenvalue weighted by Crippen LogP contribution is 2.53. The van der Waals surface area contributed by atoms with E-state index >= 15 is 0 Å². The summed E-state index contributed by atoms with van der Waals surface area (Å²) in [5, 5.41) is 0. The average molecular weight is 772 g/mol. The molecule has 1 aliphatic rings. The van der Waals surface area contributed by atoms with Crippen molar-refractivity contribution in [1.82, 2.24) is 0 Å². The first-order valence-corrected chi connectivity index (χ1v) is 20.8. The highest BCUT2D eigenvalue weighted by atomic mass is 16.5. The van der Waals surface area contributed by atoms with E-state index in [1.54, 1.807) is 0 Å². The summed E-state index contributed by atoms with van der Waals surface area (Å²) in [6.45, 7) is 8.75. The minimum atomic E-state index is 0.798. The fourth-order valence-electron chi connectivity index (χ4n) is 8.91. The van der Waals surface area contributed by atoms with E-state index in [-0.39, 0.29) is 0 Å². The van der Waals surface area contributed by atoms with Gasteiger partial charge in [-0.15, -0.1) is 0 Å². The van der Waals surface area contributed by atoms with E-state index in [4.69, 9.17) is 4.74 Å². The largest absolute Gasteiger partial charge is 0.456 e. The molecule has 0 N–H and O–H groups in total. The lowest BCUT2D eigenvalue weighted by Crippen LogP contribution is -2.13. The van der Waals surface area contributed by atoms with Gasteiger partial charge in [0.05, 0.1) is 11.4 Å². The summed E-state index contributed by atoms with van der Waals surface area (Å²) in [7, 11) is 0. The predicted molar refractivity (Wildman–Crippen MR) is 253 cm³/mol. The minimum Gasteiger partial charge on any atom is -0.456 e. The van der Waals surface area contributed by atoms with Gasteiger partial charge in [0.1, 0.15) is 11.5 Å². The van der Waals surface area contributed by atoms with Crippen molar-refractivity contribution in [3.8, 4) is 78.3 Å². The van der Waals surface area contributed by atoms with Crippen molar-refractivity contribution in [3.63, 3.8) is 0 Å². The van der Waals surface area contributed by atoms with Crippen molar-refractivity contribution in [2.24, 2.45) is 0 Å². The second-order valence-corrected chi connectivity index (χ2v) is 15.9. The zero-order chi connectivity index (χ0) is 40.7. The van der Waals surface area contributed by atoms with Crippen LogP contribution >= 0.6 is 0 Å². The van der Waals surface area contributed by atoms with Crippen LogP contribution in [-0.4, -0.2) is 0 Å². The van der Waals surface area contributed by atoms with Crippen molar-refractivity contribution in [3.05, 3.63) is 222 Å². The van der Waals surface area contributed by atoms with Gasteiger partial charge in [0, 0.05) is 27.9 Å². The summed E-state index contributed by atoms with van der Waals surface area (Å²) in [5.41, 5.74) is 21.7. The van der Waals surface area contributed by atoms with Gasteiger partial charge in [0.25, 0.3) is 0 Å². The van der Waals surface area contributed by atoms with Crippen molar-refractivity contribution in [1.29, 1.82) is 0 Å². The van der Waals surface area contributed by atoms with Crippen LogP contribution in [0.4, 0.5) is 17.1 Å². The molecule has 0 aliphatic carbocycles. The highest BCUT2D eigenvalue weighted by molar-refractivity contribution is 6.00. The van der Waals surface area contributed by atoms with Crippen LogP contribution in [0.5, 0.6) is 11.5 Å². The van der Waals surface area contributed by atoms with E-state index in [1.807, 2.05) is 0 Å². The molecule has 60 heavy (non-hydrogen) atoms. The van der Waals surface area contributed by atoms with E-state index in [9.17, 15) is 0 Å². The number of ether oxygens (including phenoxy) is 1. The van der Waals surface area contributed by atoms with Gasteiger partial charge >= 0.3 is 0 Å². The SMILES string of the molecule is Cc1ccccc1-c1ccc2c(c1)-c1cc(-c3ccccc3C)ccc1N(c1ccccc1)c1ccc(-c3ccccc3C)cc1-c1cc(-c3ccccc3C)ccc1O2. The number of hydrogen-bond donors (Lipinski definition) is 0. The normalized spacial score (nSPS) is 11.8. The van der Waals surface area contributed by atoms with Crippen molar-refractivity contribution >= 4 is 17.1 Å². The van der Waals surface area contributed by atoms with E-state index in [2.05, 4.69) is 233 Å². The van der Waals surface area contributed by atoms with Crippen LogP contribution in [0.25, 0.3) is 66.8 Å². The van der Waals surface area contributed by atoms with Crippen LogP contribution in [0.3, 0.4) is 0 Å². The second-order valence-electron chi connectivity index (χ2n) is 15.9. The third kappa shape index (κ3) is 6.67. The van der Waals surface area contributed by atoms with Crippen LogP contribution in [0.1, 0.15) is 22.3 Å². The van der Waals surface area contributed by atoms with E-state index in [1.165, 1.54) is 44.5 Å². The molecule has 1 heterocycles. The molecule has 0 spiro atoms. The first-order chi connectivity index (χ1) is 29.4. The lowest BCUT2D eigenvalue weighted by molar-refractivity contribution is 0.486. The predicted octanol–water partition coefficient (Wildman–Crippen LogP) is 16.5. The van der Waals surface area contributed by atoms with Crippen molar-refractivity contribution in [2.75, 3.05) is 4.90 Å². The standard InChI is InChI=1S/C58H45NO/c1-38-16-8-12-22-47(38)42-26-30-55-51(34-42)53-36-44(49-24-14-10-18-40(49)3)28-32-57(53)60-58-33-29-45(50-25-15-11-19-41(50)4)37-54(58)52-35-43(48-23-13-9-17-39(48)2)27-31-56(52)59(55)46-20-6-5-7-21-46/h5-37H,1-4H3. The van der Waals surface area contributed by atoms with Crippen LogP contribution in [-0.2, 0) is 0 Å². The number of anilines is 3. The van der Waals surface area contributed by atoms with Crippen LogP contribution in [0.2, 0.25) is 0 Å². The lowest BCUT2D eigenvalue weighted by atomic mass is 9.89. The highest BCUT2D eigenvalue weighted by Gasteiger charge is 2.27. The maximum atomic E-state index is 7.33. The molecule has 0 bridgehead atoms. The summed E-state index contributed by atoms with van der Waals surface area (Å²) in [5.74, 6) is 1.60. The lowest BCUT2D eigenvalue weighted by Gasteiger charge is -2.32. The number of aryl methyl sites for hydroxylation is 4. The summed E-state index contributed by atoms with van der Waals surface area (Å²) >= 11 is 0. The molecule has 0 atom stereocenters. The van der Waals surface area contributed by atoms with E-state index in [0.717, 1.165) is 73.1 Å². The molecule has 0 aromatic heterocycles. The van der Waals surface area contributed by atoms with Gasteiger partial charge in [-0.05, 0) is 155 Å². The zero-order valence-electron chi connectivity index (χ0n) is 34.4. The molecule has 0 unspecified atom stereocenters. The van der Waals surface area contributed by atoms with Gasteiger partial charge in [-0.2, -0.15) is 0 Å². The van der Waals surface area contributed by atoms with E-state index < -0.39 is 0 Å². The molecule has 0 fully saturated rings. The van der Waals surface area contributed by atoms with Gasteiger partial charge < -0.3 is 9.64 Å². The first-order valence-electron chi connectivity index (χ1n) is 20.8. The molecule has 0 saturated heterocycles. The average Bonchev–Trinajstić information content (AvgIpc) is 3.28. The number of rotatable bonds is 5. The van der Waals surface area contributed by atoms with Crippen molar-refractivity contribution < 1.29 is 4.74 Å². The molecule has 1 aliphatic heterocycles. The molecule has 2 nitrogen and oxygen atoms in total. The molecule has 2 heteroatoms. The van der Waals surface area contributed by atoms with Crippen molar-refractivity contribution in [2.45, 2.75) is 27.7 Å². The Bertz CT molecular complexity index is 2880. The number of hydrogen-bond acceptors (Lipinski definition) is 2. The topological polar surface area (TPSA) is 12.5 Å². The van der Waals surface area contributed by atoms with Gasteiger partial charge in [-0.1, -0.05) is 140 Å². The Morgan fingerprint density at radius 2 is 0.600 bits per heavy atom. The van der Waals surface area contributed by atoms with Gasteiger partial charge in [0.2, 0.25) is 0 Å². The Hall–Kier alpha value is -7.42. The number of nitrogens with zero attached hydrogens (tertiary/aromatic N) is 1. The Morgan fingerprint density at radius 3 is 0.967 bits per heavy atom. The number of fused-ring (bicyclic) bond motifs is 6. The third-order valence-electron chi connectivity index (χ3n) is 12.1. The molecule has 288 valence electrons. The van der Waals surface area contributed by atoms with Crippen LogP contribution in [0.15, 0.2) is 200 Å². The molecule has 10 rings (SSSR count). The zero-order valence-corrected chi connectivity index (χ0v) is 34.4. The monoisotopic (exact) mass is 771 g/mol. The Labute approximate surface area is 353 Å².